The monoisotopic (exact) mass is 193 g/mol. The minimum Gasteiger partial charge on any atom is -0.462 e. The molecule has 0 radical (unpaired) electrons. The van der Waals surface area contributed by atoms with E-state index in [1.54, 1.807) is 0 Å². The molecule has 0 bridgehead atoms. The molecule has 1 aromatic carbocycles. The van der Waals surface area contributed by atoms with Crippen LogP contribution in [0.3, 0.4) is 0 Å². The van der Waals surface area contributed by atoms with Crippen LogP contribution in [0.1, 0.15) is 23.7 Å². The Hall–Kier alpha value is -1.71. The Morgan fingerprint density at radius 3 is 2.50 bits per heavy atom. The summed E-state index contributed by atoms with van der Waals surface area (Å²) in [4.78, 5) is 21.4. The quantitative estimate of drug-likeness (QED) is 0.545. The molecule has 0 spiro atoms. The summed E-state index contributed by atoms with van der Waals surface area (Å²) < 4.78 is 4.90. The van der Waals surface area contributed by atoms with Crippen LogP contribution in [0.4, 0.5) is 5.69 Å². The van der Waals surface area contributed by atoms with E-state index in [0.29, 0.717) is 17.9 Å². The molecule has 0 amide bonds. The smallest absolute Gasteiger partial charge is 0.338 e. The summed E-state index contributed by atoms with van der Waals surface area (Å²) in [5.74, 6) is -0.371. The lowest BCUT2D eigenvalue weighted by molar-refractivity contribution is 0.0505. The van der Waals surface area contributed by atoms with Gasteiger partial charge in [-0.3, -0.25) is 0 Å². The zero-order valence-electron chi connectivity index (χ0n) is 7.90. The van der Waals surface area contributed by atoms with E-state index in [1.165, 1.54) is 24.3 Å². The van der Waals surface area contributed by atoms with Gasteiger partial charge in [0.15, 0.2) is 0 Å². The average Bonchev–Trinajstić information content (AvgIpc) is 2.26. The van der Waals surface area contributed by atoms with Gasteiger partial charge in [0.25, 0.3) is 0 Å². The van der Waals surface area contributed by atoms with Crippen molar-refractivity contribution < 1.29 is 9.53 Å². The first-order chi connectivity index (χ1) is 6.77. The average molecular weight is 193 g/mol. The Labute approximate surface area is 81.9 Å². The van der Waals surface area contributed by atoms with Crippen molar-refractivity contribution in [1.82, 2.24) is 0 Å². The first-order valence-corrected chi connectivity index (χ1v) is 4.38. The summed E-state index contributed by atoms with van der Waals surface area (Å²) in [6, 6.07) is 6.01. The molecule has 1 rings (SSSR count). The van der Waals surface area contributed by atoms with Gasteiger partial charge in [-0.05, 0) is 35.9 Å². The lowest BCUT2D eigenvalue weighted by Gasteiger charge is -2.02. The molecule has 0 aliphatic rings. The third-order valence-corrected chi connectivity index (χ3v) is 1.65. The van der Waals surface area contributed by atoms with Gasteiger partial charge in [-0.15, -0.1) is 4.91 Å². The maximum absolute atomic E-state index is 11.3. The van der Waals surface area contributed by atoms with Crippen LogP contribution in [0.5, 0.6) is 0 Å². The van der Waals surface area contributed by atoms with Crippen molar-refractivity contribution in [2.24, 2.45) is 5.18 Å². The van der Waals surface area contributed by atoms with Crippen LogP contribution in [-0.2, 0) is 4.74 Å². The number of hydrogen-bond donors (Lipinski definition) is 0. The van der Waals surface area contributed by atoms with Crippen molar-refractivity contribution >= 4 is 11.7 Å². The molecule has 0 saturated heterocycles. The van der Waals surface area contributed by atoms with E-state index in [4.69, 9.17) is 4.74 Å². The molecular weight excluding hydrogens is 182 g/mol. The minimum absolute atomic E-state index is 0.303. The molecule has 0 fully saturated rings. The highest BCUT2D eigenvalue weighted by molar-refractivity contribution is 5.89. The zero-order valence-corrected chi connectivity index (χ0v) is 7.90. The molecule has 0 heterocycles. The maximum Gasteiger partial charge on any atom is 0.338 e. The molecule has 1 aromatic rings. The molecule has 0 aliphatic carbocycles. The number of benzene rings is 1. The van der Waals surface area contributed by atoms with Crippen molar-refractivity contribution in [3.8, 4) is 0 Å². The van der Waals surface area contributed by atoms with Gasteiger partial charge in [0, 0.05) is 0 Å². The number of nitroso groups, excluding NO2 is 1. The summed E-state index contributed by atoms with van der Waals surface area (Å²) in [7, 11) is 0. The van der Waals surface area contributed by atoms with Gasteiger partial charge in [0.05, 0.1) is 12.2 Å². The number of carbonyl (C=O) groups is 1. The molecule has 4 nitrogen and oxygen atoms in total. The van der Waals surface area contributed by atoms with E-state index in [9.17, 15) is 9.70 Å². The number of esters is 1. The largest absolute Gasteiger partial charge is 0.462 e. The highest BCUT2D eigenvalue weighted by atomic mass is 16.5. The third-order valence-electron chi connectivity index (χ3n) is 1.65. The molecule has 14 heavy (non-hydrogen) atoms. The lowest BCUT2D eigenvalue weighted by Crippen LogP contribution is -2.05. The summed E-state index contributed by atoms with van der Waals surface area (Å²) in [5.41, 5.74) is 0.739. The van der Waals surface area contributed by atoms with Crippen molar-refractivity contribution in [2.45, 2.75) is 13.3 Å². The van der Waals surface area contributed by atoms with E-state index in [1.807, 2.05) is 6.92 Å². The Morgan fingerprint density at radius 2 is 2.00 bits per heavy atom. The molecule has 4 heteroatoms. The fourth-order valence-electron chi connectivity index (χ4n) is 0.936. The standard InChI is InChI=1S/C10H11NO3/c1-2-7-14-10(12)8-3-5-9(11-13)6-4-8/h3-6H,2,7H2,1H3. The molecule has 0 aromatic heterocycles. The van der Waals surface area contributed by atoms with Crippen LogP contribution >= 0.6 is 0 Å². The molecule has 0 atom stereocenters. The Kier molecular flexibility index (Phi) is 3.79. The van der Waals surface area contributed by atoms with Gasteiger partial charge < -0.3 is 4.74 Å². The van der Waals surface area contributed by atoms with E-state index in [0.717, 1.165) is 6.42 Å². The fraction of sp³-hybridized carbons (Fsp3) is 0.300. The van der Waals surface area contributed by atoms with E-state index >= 15 is 0 Å². The Balaban J connectivity index is 2.66. The minimum atomic E-state index is -0.371. The maximum atomic E-state index is 11.3. The number of hydrogen-bond acceptors (Lipinski definition) is 4. The molecule has 0 unspecified atom stereocenters. The van der Waals surface area contributed by atoms with Gasteiger partial charge in [-0.25, -0.2) is 4.79 Å². The van der Waals surface area contributed by atoms with Crippen molar-refractivity contribution in [2.75, 3.05) is 6.61 Å². The van der Waals surface area contributed by atoms with E-state index in [-0.39, 0.29) is 5.97 Å². The molecule has 74 valence electrons. The van der Waals surface area contributed by atoms with Crippen LogP contribution in [0, 0.1) is 4.91 Å². The summed E-state index contributed by atoms with van der Waals surface area (Å²) in [6.45, 7) is 2.33. The van der Waals surface area contributed by atoms with Crippen LogP contribution in [0.2, 0.25) is 0 Å². The third kappa shape index (κ3) is 2.65. The molecule has 0 saturated carbocycles. The Morgan fingerprint density at radius 1 is 1.36 bits per heavy atom. The van der Waals surface area contributed by atoms with Gasteiger partial charge in [0.2, 0.25) is 0 Å². The van der Waals surface area contributed by atoms with Gasteiger partial charge in [0.1, 0.15) is 5.69 Å². The predicted molar refractivity (Wildman–Crippen MR) is 52.5 cm³/mol. The molecular formula is C10H11NO3. The van der Waals surface area contributed by atoms with Crippen LogP contribution in [0.15, 0.2) is 29.4 Å². The van der Waals surface area contributed by atoms with Crippen LogP contribution in [0.25, 0.3) is 0 Å². The number of carbonyl (C=O) groups excluding carboxylic acids is 1. The first kappa shape index (κ1) is 10.4. The second-order valence-electron chi connectivity index (χ2n) is 2.77. The van der Waals surface area contributed by atoms with Crippen molar-refractivity contribution in [3.63, 3.8) is 0 Å². The van der Waals surface area contributed by atoms with Crippen molar-refractivity contribution in [1.29, 1.82) is 0 Å². The first-order valence-electron chi connectivity index (χ1n) is 4.38. The lowest BCUT2D eigenvalue weighted by atomic mass is 10.2. The van der Waals surface area contributed by atoms with Crippen molar-refractivity contribution in [3.05, 3.63) is 34.7 Å². The SMILES string of the molecule is CCCOC(=O)c1ccc(N=O)cc1. The number of rotatable bonds is 4. The van der Waals surface area contributed by atoms with Crippen LogP contribution < -0.4 is 0 Å². The topological polar surface area (TPSA) is 55.7 Å². The second-order valence-corrected chi connectivity index (χ2v) is 2.77. The summed E-state index contributed by atoms with van der Waals surface area (Å²) in [5, 5.41) is 2.73. The van der Waals surface area contributed by atoms with Gasteiger partial charge in [-0.1, -0.05) is 6.92 Å². The summed E-state index contributed by atoms with van der Waals surface area (Å²) >= 11 is 0. The summed E-state index contributed by atoms with van der Waals surface area (Å²) in [6.07, 6.45) is 0.791. The molecule has 0 aliphatic heterocycles. The van der Waals surface area contributed by atoms with Gasteiger partial charge in [-0.2, -0.15) is 0 Å². The van der Waals surface area contributed by atoms with E-state index < -0.39 is 0 Å². The fourth-order valence-corrected chi connectivity index (χ4v) is 0.936. The number of ether oxygens (including phenoxy) is 1. The van der Waals surface area contributed by atoms with Crippen LogP contribution in [-0.4, -0.2) is 12.6 Å². The predicted octanol–water partition coefficient (Wildman–Crippen LogP) is 2.65. The highest BCUT2D eigenvalue weighted by Gasteiger charge is 2.05. The van der Waals surface area contributed by atoms with E-state index in [2.05, 4.69) is 5.18 Å². The highest BCUT2D eigenvalue weighted by Crippen LogP contribution is 2.12. The second kappa shape index (κ2) is 5.11. The zero-order chi connectivity index (χ0) is 10.4. The Bertz CT molecular complexity index is 319. The van der Waals surface area contributed by atoms with Gasteiger partial charge >= 0.3 is 5.97 Å². The number of nitrogens with zero attached hydrogens (tertiary/aromatic N) is 1. The normalized spacial score (nSPS) is 9.50. The molecule has 0 N–H and O–H groups in total.